The first-order chi connectivity index (χ1) is 9.52. The number of rotatable bonds is 3. The number of anilines is 1. The maximum Gasteiger partial charge on any atom is 0.259 e. The Kier molecular flexibility index (Phi) is 4.39. The molecule has 0 aliphatic rings. The lowest BCUT2D eigenvalue weighted by Crippen LogP contribution is -2.15. The van der Waals surface area contributed by atoms with Crippen LogP contribution in [0.1, 0.15) is 15.9 Å². The molecular weight excluding hydrogens is 325 g/mol. The summed E-state index contributed by atoms with van der Waals surface area (Å²) in [6.45, 7) is 1.73. The van der Waals surface area contributed by atoms with Crippen molar-refractivity contribution in [1.29, 1.82) is 0 Å². The minimum atomic E-state index is -0.463. The number of ether oxygens (including phenoxy) is 1. The average Bonchev–Trinajstić information content (AvgIpc) is 2.42. The van der Waals surface area contributed by atoms with E-state index in [0.717, 1.165) is 4.47 Å². The van der Waals surface area contributed by atoms with Gasteiger partial charge in [-0.25, -0.2) is 4.39 Å². The van der Waals surface area contributed by atoms with Gasteiger partial charge in [0, 0.05) is 4.47 Å². The number of carbonyl (C=O) groups is 1. The number of benzene rings is 2. The summed E-state index contributed by atoms with van der Waals surface area (Å²) in [4.78, 5) is 12.2. The van der Waals surface area contributed by atoms with Crippen molar-refractivity contribution < 1.29 is 13.9 Å². The lowest BCUT2D eigenvalue weighted by Gasteiger charge is -2.12. The Morgan fingerprint density at radius 1 is 1.30 bits per heavy atom. The van der Waals surface area contributed by atoms with E-state index < -0.39 is 11.7 Å². The lowest BCUT2D eigenvalue weighted by atomic mass is 10.1. The monoisotopic (exact) mass is 337 g/mol. The molecule has 0 aliphatic heterocycles. The van der Waals surface area contributed by atoms with E-state index in [1.54, 1.807) is 37.3 Å². The molecule has 3 nitrogen and oxygen atoms in total. The van der Waals surface area contributed by atoms with Gasteiger partial charge in [-0.1, -0.05) is 28.1 Å². The topological polar surface area (TPSA) is 38.3 Å². The van der Waals surface area contributed by atoms with Gasteiger partial charge in [0.25, 0.3) is 5.91 Å². The van der Waals surface area contributed by atoms with Crippen molar-refractivity contribution in [1.82, 2.24) is 0 Å². The van der Waals surface area contributed by atoms with Gasteiger partial charge in [-0.3, -0.25) is 4.79 Å². The Bertz CT molecular complexity index is 638. The summed E-state index contributed by atoms with van der Waals surface area (Å²) in [7, 11) is 1.48. The van der Waals surface area contributed by atoms with E-state index in [1.807, 2.05) is 0 Å². The van der Waals surface area contributed by atoms with E-state index in [1.165, 1.54) is 13.2 Å². The lowest BCUT2D eigenvalue weighted by molar-refractivity contribution is 0.102. The zero-order valence-electron chi connectivity index (χ0n) is 11.0. The number of para-hydroxylation sites is 1. The van der Waals surface area contributed by atoms with Crippen molar-refractivity contribution in [3.8, 4) is 5.75 Å². The van der Waals surface area contributed by atoms with Gasteiger partial charge in [-0.2, -0.15) is 0 Å². The van der Waals surface area contributed by atoms with Gasteiger partial charge in [-0.05, 0) is 36.8 Å². The highest BCUT2D eigenvalue weighted by atomic mass is 79.9. The van der Waals surface area contributed by atoms with Crippen LogP contribution in [0, 0.1) is 12.7 Å². The minimum absolute atomic E-state index is 0.183. The van der Waals surface area contributed by atoms with Crippen molar-refractivity contribution in [2.24, 2.45) is 0 Å². The molecule has 0 radical (unpaired) electrons. The number of amides is 1. The molecule has 104 valence electrons. The summed E-state index contributed by atoms with van der Waals surface area (Å²) in [6, 6.07) is 9.67. The quantitative estimate of drug-likeness (QED) is 0.913. The van der Waals surface area contributed by atoms with Gasteiger partial charge in [0.2, 0.25) is 0 Å². The first kappa shape index (κ1) is 14.5. The third-order valence-electron chi connectivity index (χ3n) is 2.87. The van der Waals surface area contributed by atoms with E-state index in [4.69, 9.17) is 4.74 Å². The zero-order valence-corrected chi connectivity index (χ0v) is 12.6. The Labute approximate surface area is 124 Å². The van der Waals surface area contributed by atoms with Gasteiger partial charge in [-0.15, -0.1) is 0 Å². The molecule has 0 heterocycles. The minimum Gasteiger partial charge on any atom is -0.496 e. The summed E-state index contributed by atoms with van der Waals surface area (Å²) in [5.41, 5.74) is 1.19. The highest BCUT2D eigenvalue weighted by Gasteiger charge is 2.15. The highest BCUT2D eigenvalue weighted by molar-refractivity contribution is 9.10. The average molecular weight is 338 g/mol. The van der Waals surface area contributed by atoms with Crippen LogP contribution in [-0.4, -0.2) is 13.0 Å². The summed E-state index contributed by atoms with van der Waals surface area (Å²) >= 11 is 3.30. The number of halogens is 2. The smallest absolute Gasteiger partial charge is 0.259 e. The number of methoxy groups -OCH3 is 1. The van der Waals surface area contributed by atoms with E-state index in [-0.39, 0.29) is 5.69 Å². The van der Waals surface area contributed by atoms with Crippen LogP contribution >= 0.6 is 15.9 Å². The van der Waals surface area contributed by atoms with Crippen LogP contribution < -0.4 is 10.1 Å². The Hall–Kier alpha value is -1.88. The second-order valence-corrected chi connectivity index (χ2v) is 5.15. The van der Waals surface area contributed by atoms with Crippen LogP contribution in [-0.2, 0) is 0 Å². The van der Waals surface area contributed by atoms with Crippen molar-refractivity contribution >= 4 is 27.5 Å². The Balaban J connectivity index is 2.33. The van der Waals surface area contributed by atoms with Gasteiger partial charge in [0.05, 0.1) is 18.4 Å². The molecular formula is C15H13BrFNO2. The second kappa shape index (κ2) is 6.05. The molecule has 0 atom stereocenters. The van der Waals surface area contributed by atoms with Crippen LogP contribution in [0.5, 0.6) is 5.75 Å². The van der Waals surface area contributed by atoms with E-state index in [2.05, 4.69) is 21.2 Å². The van der Waals surface area contributed by atoms with Crippen LogP contribution in [0.3, 0.4) is 0 Å². The Morgan fingerprint density at radius 3 is 2.70 bits per heavy atom. The standard InChI is InChI=1S/C15H13BrFNO2/c1-9-4-3-5-12(17)14(9)18-15(19)11-7-6-10(16)8-13(11)20-2/h3-8H,1-2H3,(H,18,19). The first-order valence-corrected chi connectivity index (χ1v) is 6.72. The van der Waals surface area contributed by atoms with E-state index in [9.17, 15) is 9.18 Å². The summed E-state index contributed by atoms with van der Waals surface area (Å²) in [5, 5.41) is 2.58. The summed E-state index contributed by atoms with van der Waals surface area (Å²) < 4.78 is 19.7. The first-order valence-electron chi connectivity index (χ1n) is 5.93. The maximum absolute atomic E-state index is 13.7. The van der Waals surface area contributed by atoms with Crippen molar-refractivity contribution in [3.05, 3.63) is 57.8 Å². The van der Waals surface area contributed by atoms with Crippen LogP contribution in [0.4, 0.5) is 10.1 Å². The molecule has 5 heteroatoms. The molecule has 2 aromatic carbocycles. The van der Waals surface area contributed by atoms with Crippen molar-refractivity contribution in [2.45, 2.75) is 6.92 Å². The third kappa shape index (κ3) is 2.99. The molecule has 0 saturated heterocycles. The van der Waals surface area contributed by atoms with Crippen molar-refractivity contribution in [2.75, 3.05) is 12.4 Å². The molecule has 0 aromatic heterocycles. The summed E-state index contributed by atoms with van der Waals surface area (Å²) in [6.07, 6.45) is 0. The molecule has 20 heavy (non-hydrogen) atoms. The van der Waals surface area contributed by atoms with Gasteiger partial charge >= 0.3 is 0 Å². The van der Waals surface area contributed by atoms with E-state index in [0.29, 0.717) is 16.9 Å². The predicted molar refractivity (Wildman–Crippen MR) is 79.8 cm³/mol. The SMILES string of the molecule is COc1cc(Br)ccc1C(=O)Nc1c(C)cccc1F. The second-order valence-electron chi connectivity index (χ2n) is 4.23. The molecule has 0 bridgehead atoms. The van der Waals surface area contributed by atoms with Gasteiger partial charge < -0.3 is 10.1 Å². The highest BCUT2D eigenvalue weighted by Crippen LogP contribution is 2.26. The zero-order chi connectivity index (χ0) is 14.7. The summed E-state index contributed by atoms with van der Waals surface area (Å²) in [5.74, 6) is -0.456. The molecule has 2 rings (SSSR count). The fourth-order valence-electron chi connectivity index (χ4n) is 1.82. The molecule has 1 amide bonds. The van der Waals surface area contributed by atoms with Crippen LogP contribution in [0.25, 0.3) is 0 Å². The molecule has 0 spiro atoms. The fraction of sp³-hybridized carbons (Fsp3) is 0.133. The predicted octanol–water partition coefficient (Wildman–Crippen LogP) is 4.16. The number of nitrogens with one attached hydrogen (secondary N) is 1. The maximum atomic E-state index is 13.7. The van der Waals surface area contributed by atoms with E-state index >= 15 is 0 Å². The number of carbonyl (C=O) groups excluding carboxylic acids is 1. The van der Waals surface area contributed by atoms with Gasteiger partial charge in [0.15, 0.2) is 0 Å². The number of aryl methyl sites for hydroxylation is 1. The molecule has 0 saturated carbocycles. The number of hydrogen-bond acceptors (Lipinski definition) is 2. The molecule has 0 unspecified atom stereocenters. The van der Waals surface area contributed by atoms with Gasteiger partial charge in [0.1, 0.15) is 11.6 Å². The van der Waals surface area contributed by atoms with Crippen molar-refractivity contribution in [3.63, 3.8) is 0 Å². The molecule has 0 fully saturated rings. The Morgan fingerprint density at radius 2 is 2.05 bits per heavy atom. The largest absolute Gasteiger partial charge is 0.496 e. The molecule has 1 N–H and O–H groups in total. The molecule has 2 aromatic rings. The molecule has 0 aliphatic carbocycles. The van der Waals surface area contributed by atoms with Crippen LogP contribution in [0.15, 0.2) is 40.9 Å². The normalized spacial score (nSPS) is 10.2. The van der Waals surface area contributed by atoms with Crippen LogP contribution in [0.2, 0.25) is 0 Å². The fourth-order valence-corrected chi connectivity index (χ4v) is 2.16. The third-order valence-corrected chi connectivity index (χ3v) is 3.36. The number of hydrogen-bond donors (Lipinski definition) is 1.